The number of rotatable bonds is 4. The van der Waals surface area contributed by atoms with Gasteiger partial charge in [-0.25, -0.2) is 0 Å². The van der Waals surface area contributed by atoms with Crippen molar-refractivity contribution in [3.63, 3.8) is 0 Å². The smallest absolute Gasteiger partial charge is 0.213 e. The molecule has 1 heterocycles. The van der Waals surface area contributed by atoms with Gasteiger partial charge in [-0.2, -0.15) is 4.57 Å². The summed E-state index contributed by atoms with van der Waals surface area (Å²) >= 11 is 0. The van der Waals surface area contributed by atoms with E-state index in [2.05, 4.69) is 96.6 Å². The number of nitrogens with zero attached hydrogens (tertiary/aromatic N) is 1. The lowest BCUT2D eigenvalue weighted by Gasteiger charge is -2.21. The minimum atomic E-state index is 0.888. The molecule has 1 aliphatic carbocycles. The zero-order valence-corrected chi connectivity index (χ0v) is 18.7. The Kier molecular flexibility index (Phi) is 5.60. The predicted molar refractivity (Wildman–Crippen MR) is 132 cm³/mol. The maximum Gasteiger partial charge on any atom is 0.213 e. The van der Waals surface area contributed by atoms with Crippen molar-refractivity contribution in [3.05, 3.63) is 108 Å². The fourth-order valence-electron chi connectivity index (χ4n) is 4.81. The van der Waals surface area contributed by atoms with Crippen LogP contribution in [-0.4, -0.2) is 7.11 Å². The molecule has 4 aromatic rings. The minimum Gasteiger partial charge on any atom is -0.497 e. The monoisotopic (exact) mass is 418 g/mol. The Hall–Kier alpha value is -3.65. The van der Waals surface area contributed by atoms with Crippen molar-refractivity contribution in [1.82, 2.24) is 0 Å². The Morgan fingerprint density at radius 3 is 2.09 bits per heavy atom. The fraction of sp³-hybridized carbons (Fsp3) is 0.167. The van der Waals surface area contributed by atoms with Gasteiger partial charge in [0.1, 0.15) is 12.8 Å². The molecular formula is C30H28NO+. The van der Waals surface area contributed by atoms with Crippen LogP contribution >= 0.6 is 0 Å². The van der Waals surface area contributed by atoms with Crippen molar-refractivity contribution >= 4 is 11.6 Å². The van der Waals surface area contributed by atoms with Crippen molar-refractivity contribution in [2.45, 2.75) is 19.3 Å². The van der Waals surface area contributed by atoms with Crippen molar-refractivity contribution in [2.24, 2.45) is 7.05 Å². The van der Waals surface area contributed by atoms with Crippen LogP contribution in [0.1, 0.15) is 29.7 Å². The van der Waals surface area contributed by atoms with Gasteiger partial charge in [-0.3, -0.25) is 0 Å². The molecule has 0 aliphatic heterocycles. The van der Waals surface area contributed by atoms with Gasteiger partial charge in [-0.05, 0) is 66.3 Å². The zero-order chi connectivity index (χ0) is 21.9. The molecule has 1 aromatic heterocycles. The van der Waals surface area contributed by atoms with Crippen LogP contribution in [0.15, 0.2) is 91.0 Å². The number of pyridine rings is 1. The summed E-state index contributed by atoms with van der Waals surface area (Å²) in [4.78, 5) is 0. The highest BCUT2D eigenvalue weighted by atomic mass is 16.5. The molecule has 0 N–H and O–H groups in total. The molecule has 5 rings (SSSR count). The number of hydrogen-bond acceptors (Lipinski definition) is 1. The largest absolute Gasteiger partial charge is 0.497 e. The Morgan fingerprint density at radius 1 is 0.781 bits per heavy atom. The third kappa shape index (κ3) is 3.85. The van der Waals surface area contributed by atoms with E-state index in [4.69, 9.17) is 4.74 Å². The van der Waals surface area contributed by atoms with Crippen LogP contribution < -0.4 is 9.30 Å². The summed E-state index contributed by atoms with van der Waals surface area (Å²) in [5, 5.41) is 0. The normalized spacial score (nSPS) is 14.2. The molecule has 3 aromatic carbocycles. The van der Waals surface area contributed by atoms with E-state index in [1.165, 1.54) is 51.2 Å². The quantitative estimate of drug-likeness (QED) is 0.335. The third-order valence-corrected chi connectivity index (χ3v) is 6.38. The summed E-state index contributed by atoms with van der Waals surface area (Å²) in [6, 6.07) is 32.2. The van der Waals surface area contributed by atoms with Crippen molar-refractivity contribution in [2.75, 3.05) is 7.11 Å². The Bertz CT molecular complexity index is 1260. The van der Waals surface area contributed by atoms with Crippen LogP contribution in [0.2, 0.25) is 0 Å². The number of fused-ring (bicyclic) bond motifs is 1. The molecule has 0 saturated heterocycles. The first-order valence-electron chi connectivity index (χ1n) is 11.3. The molecule has 0 saturated carbocycles. The lowest BCUT2D eigenvalue weighted by Crippen LogP contribution is -2.38. The standard InChI is InChI=1S/C30H28NO/c1-31-29(24-12-7-4-8-13-24)21-28(23-10-5-3-6-11-23)27-15-9-14-25(30(27)31)20-22-16-18-26(32-2)19-17-22/h3-8,10-13,16-21H,9,14-15H2,1-2H3/q+1. The van der Waals surface area contributed by atoms with E-state index in [-0.39, 0.29) is 0 Å². The average molecular weight is 419 g/mol. The molecule has 158 valence electrons. The molecule has 0 atom stereocenters. The topological polar surface area (TPSA) is 13.1 Å². The van der Waals surface area contributed by atoms with Crippen molar-refractivity contribution in [1.29, 1.82) is 0 Å². The third-order valence-electron chi connectivity index (χ3n) is 6.38. The molecule has 32 heavy (non-hydrogen) atoms. The number of hydrogen-bond donors (Lipinski definition) is 0. The molecule has 2 nitrogen and oxygen atoms in total. The number of benzene rings is 3. The zero-order valence-electron chi connectivity index (χ0n) is 18.7. The average Bonchev–Trinajstić information content (AvgIpc) is 2.86. The molecule has 0 unspecified atom stereocenters. The second-order valence-electron chi connectivity index (χ2n) is 8.36. The van der Waals surface area contributed by atoms with Crippen molar-refractivity contribution < 1.29 is 9.30 Å². The van der Waals surface area contributed by atoms with Gasteiger partial charge in [-0.15, -0.1) is 0 Å². The van der Waals surface area contributed by atoms with Gasteiger partial charge in [0.05, 0.1) is 7.11 Å². The summed E-state index contributed by atoms with van der Waals surface area (Å²) in [6.07, 6.45) is 5.70. The first-order valence-corrected chi connectivity index (χ1v) is 11.3. The van der Waals surface area contributed by atoms with Crippen LogP contribution in [0.3, 0.4) is 0 Å². The predicted octanol–water partition coefficient (Wildman–Crippen LogP) is 6.73. The number of aromatic nitrogens is 1. The van der Waals surface area contributed by atoms with E-state index >= 15 is 0 Å². The summed E-state index contributed by atoms with van der Waals surface area (Å²) in [5.41, 5.74) is 10.5. The van der Waals surface area contributed by atoms with Crippen LogP contribution in [0.4, 0.5) is 0 Å². The van der Waals surface area contributed by atoms with E-state index in [1.807, 2.05) is 12.1 Å². The fourth-order valence-corrected chi connectivity index (χ4v) is 4.81. The van der Waals surface area contributed by atoms with E-state index in [0.29, 0.717) is 0 Å². The van der Waals surface area contributed by atoms with Crippen molar-refractivity contribution in [3.8, 4) is 28.1 Å². The summed E-state index contributed by atoms with van der Waals surface area (Å²) in [6.45, 7) is 0. The van der Waals surface area contributed by atoms with Gasteiger partial charge in [0, 0.05) is 22.8 Å². The van der Waals surface area contributed by atoms with Crippen LogP contribution in [0.25, 0.3) is 34.0 Å². The van der Waals surface area contributed by atoms with Crippen LogP contribution in [-0.2, 0) is 13.5 Å². The molecular weight excluding hydrogens is 390 g/mol. The lowest BCUT2D eigenvalue weighted by atomic mass is 9.84. The molecule has 1 aliphatic rings. The van der Waals surface area contributed by atoms with Gasteiger partial charge in [0.15, 0.2) is 0 Å². The first-order chi connectivity index (χ1) is 15.7. The Balaban J connectivity index is 1.74. The SMILES string of the molecule is COc1ccc(C=C2CCCc3c(-c4ccccc4)cc(-c4ccccc4)[n+](C)c32)cc1. The Morgan fingerprint density at radius 2 is 1.44 bits per heavy atom. The molecule has 0 radical (unpaired) electrons. The molecule has 0 fully saturated rings. The van der Waals surface area contributed by atoms with Crippen LogP contribution in [0, 0.1) is 0 Å². The van der Waals surface area contributed by atoms with E-state index in [1.54, 1.807) is 7.11 Å². The van der Waals surface area contributed by atoms with Gasteiger partial charge in [0.2, 0.25) is 11.4 Å². The highest BCUT2D eigenvalue weighted by molar-refractivity contribution is 5.85. The minimum absolute atomic E-state index is 0.888. The van der Waals surface area contributed by atoms with Gasteiger partial charge < -0.3 is 4.74 Å². The van der Waals surface area contributed by atoms with Crippen LogP contribution in [0.5, 0.6) is 5.75 Å². The maximum atomic E-state index is 5.34. The highest BCUT2D eigenvalue weighted by Crippen LogP contribution is 2.38. The van der Waals surface area contributed by atoms with Gasteiger partial charge in [-0.1, -0.05) is 60.7 Å². The second kappa shape index (κ2) is 8.84. The first kappa shape index (κ1) is 20.3. The summed E-state index contributed by atoms with van der Waals surface area (Å²) in [7, 11) is 3.92. The number of ether oxygens (including phenoxy) is 1. The molecule has 0 amide bonds. The molecule has 0 bridgehead atoms. The summed E-state index contributed by atoms with van der Waals surface area (Å²) in [5.74, 6) is 0.888. The molecule has 2 heteroatoms. The highest BCUT2D eigenvalue weighted by Gasteiger charge is 2.29. The molecule has 0 spiro atoms. The number of allylic oxidation sites excluding steroid dienone is 1. The van der Waals surface area contributed by atoms with E-state index < -0.39 is 0 Å². The van der Waals surface area contributed by atoms with E-state index in [9.17, 15) is 0 Å². The second-order valence-corrected chi connectivity index (χ2v) is 8.36. The summed E-state index contributed by atoms with van der Waals surface area (Å²) < 4.78 is 7.73. The number of methoxy groups -OCH3 is 1. The Labute approximate surface area is 190 Å². The van der Waals surface area contributed by atoms with Gasteiger partial charge >= 0.3 is 0 Å². The lowest BCUT2D eigenvalue weighted by molar-refractivity contribution is -0.663. The maximum absolute atomic E-state index is 5.34. The van der Waals surface area contributed by atoms with Gasteiger partial charge in [0.25, 0.3) is 0 Å². The van der Waals surface area contributed by atoms with E-state index in [0.717, 1.165) is 18.6 Å².